The van der Waals surface area contributed by atoms with Crippen LogP contribution in [0.4, 0.5) is 21.8 Å². The van der Waals surface area contributed by atoms with E-state index in [1.165, 1.54) is 6.20 Å². The van der Waals surface area contributed by atoms with Crippen LogP contribution in [0.15, 0.2) is 41.5 Å². The second-order valence-corrected chi connectivity index (χ2v) is 9.87. The summed E-state index contributed by atoms with van der Waals surface area (Å²) in [5.74, 6) is 0.429. The molecule has 3 heterocycles. The first-order chi connectivity index (χ1) is 21.1. The molecule has 1 saturated heterocycles. The number of anilines is 3. The minimum atomic E-state index is -1.30. The fourth-order valence-corrected chi connectivity index (χ4v) is 4.99. The number of pyridine rings is 1. The van der Waals surface area contributed by atoms with Crippen LogP contribution in [0.1, 0.15) is 28.4 Å². The lowest BCUT2D eigenvalue weighted by atomic mass is 10.1. The number of benzene rings is 2. The number of aromatic carboxylic acids is 1. The molecule has 44 heavy (non-hydrogen) atoms. The molecule has 1 fully saturated rings. The summed E-state index contributed by atoms with van der Waals surface area (Å²) in [6.07, 6.45) is 3.47. The van der Waals surface area contributed by atoms with Gasteiger partial charge in [0.1, 0.15) is 17.2 Å². The predicted molar refractivity (Wildman–Crippen MR) is 166 cm³/mol. The third kappa shape index (κ3) is 6.75. The summed E-state index contributed by atoms with van der Waals surface area (Å²) in [4.78, 5) is 33.3. The summed E-state index contributed by atoms with van der Waals surface area (Å²) in [5.41, 5.74) is 13.1. The monoisotopic (exact) mass is 609 g/mol. The van der Waals surface area contributed by atoms with Gasteiger partial charge in [0.2, 0.25) is 17.1 Å². The van der Waals surface area contributed by atoms with Crippen molar-refractivity contribution in [3.63, 3.8) is 0 Å². The van der Waals surface area contributed by atoms with Crippen molar-refractivity contribution in [3.05, 3.63) is 69.4 Å². The van der Waals surface area contributed by atoms with E-state index in [-0.39, 0.29) is 16.9 Å². The summed E-state index contributed by atoms with van der Waals surface area (Å²) >= 11 is 0. The van der Waals surface area contributed by atoms with Crippen LogP contribution in [-0.2, 0) is 13.0 Å². The Bertz CT molecular complexity index is 1700. The molecule has 6 N–H and O–H groups in total. The smallest absolute Gasteiger partial charge is 0.341 e. The molecule has 1 aliphatic rings. The van der Waals surface area contributed by atoms with E-state index in [0.717, 1.165) is 30.3 Å². The molecule has 0 spiro atoms. The maximum Gasteiger partial charge on any atom is 0.341 e. The molecule has 13 nitrogen and oxygen atoms in total. The number of carboxylic acids is 1. The lowest BCUT2D eigenvalue weighted by Gasteiger charge is -2.30. The summed E-state index contributed by atoms with van der Waals surface area (Å²) in [6, 6.07) is 6.52. The van der Waals surface area contributed by atoms with Gasteiger partial charge < -0.3 is 45.6 Å². The van der Waals surface area contributed by atoms with Crippen LogP contribution in [-0.4, -0.2) is 73.1 Å². The lowest BCUT2D eigenvalue weighted by molar-refractivity contribution is 0.0695. The van der Waals surface area contributed by atoms with Crippen molar-refractivity contribution in [2.24, 2.45) is 0 Å². The highest BCUT2D eigenvalue weighted by atomic mass is 19.1. The van der Waals surface area contributed by atoms with Gasteiger partial charge in [0, 0.05) is 62.5 Å². The average Bonchev–Trinajstić information content (AvgIpc) is 3.02. The fraction of sp³-hybridized carbons (Fsp3) is 0.333. The number of nitrogens with one attached hydrogen (secondary N) is 1. The average molecular weight is 610 g/mol. The van der Waals surface area contributed by atoms with Crippen LogP contribution in [0.5, 0.6) is 17.2 Å². The van der Waals surface area contributed by atoms with E-state index < -0.39 is 17.2 Å². The van der Waals surface area contributed by atoms with Gasteiger partial charge in [-0.2, -0.15) is 4.98 Å². The van der Waals surface area contributed by atoms with E-state index in [0.29, 0.717) is 60.3 Å². The number of hydrogen-bond donors (Lipinski definition) is 4. The summed E-state index contributed by atoms with van der Waals surface area (Å²) in [7, 11) is 4.70. The topological polar surface area (TPSA) is 180 Å². The van der Waals surface area contributed by atoms with Crippen LogP contribution >= 0.6 is 0 Å². The van der Waals surface area contributed by atoms with Gasteiger partial charge in [-0.25, -0.2) is 14.2 Å². The van der Waals surface area contributed by atoms with E-state index in [4.69, 9.17) is 30.8 Å². The van der Waals surface area contributed by atoms with Gasteiger partial charge in [-0.15, -0.1) is 0 Å². The van der Waals surface area contributed by atoms with Crippen LogP contribution in [0.2, 0.25) is 0 Å². The number of rotatable bonds is 8. The predicted octanol–water partition coefficient (Wildman–Crippen LogP) is 2.53. The zero-order valence-corrected chi connectivity index (χ0v) is 25.0. The molecule has 2 aromatic carbocycles. The van der Waals surface area contributed by atoms with Gasteiger partial charge in [0.05, 0.1) is 32.5 Å². The highest BCUT2D eigenvalue weighted by molar-refractivity contribution is 5.93. The molecule has 234 valence electrons. The normalized spacial score (nSPS) is 12.8. The first-order valence-electron chi connectivity index (χ1n) is 13.8. The molecule has 14 heteroatoms. The number of carbonyl (C=O) groups is 1. The molecule has 0 radical (unpaired) electrons. The molecular weight excluding hydrogens is 573 g/mol. The first-order valence-corrected chi connectivity index (χ1v) is 13.8. The van der Waals surface area contributed by atoms with E-state index in [9.17, 15) is 14.0 Å². The van der Waals surface area contributed by atoms with Crippen LogP contribution in [0.3, 0.4) is 0 Å². The van der Waals surface area contributed by atoms with Crippen LogP contribution < -0.4 is 41.3 Å². The first kappa shape index (κ1) is 31.8. The third-order valence-electron chi connectivity index (χ3n) is 7.21. The quantitative estimate of drug-likeness (QED) is 0.230. The van der Waals surface area contributed by atoms with Crippen molar-refractivity contribution in [1.82, 2.24) is 19.9 Å². The van der Waals surface area contributed by atoms with Crippen LogP contribution in [0, 0.1) is 5.82 Å². The highest BCUT2D eigenvalue weighted by Crippen LogP contribution is 2.38. The molecule has 5 rings (SSSR count). The summed E-state index contributed by atoms with van der Waals surface area (Å²) in [6.45, 7) is 5.26. The second kappa shape index (κ2) is 13.9. The molecule has 1 aliphatic heterocycles. The Morgan fingerprint density at radius 1 is 1.07 bits per heavy atom. The Labute approximate surface area is 253 Å². The number of carboxylic acid groups (broad SMARTS) is 1. The van der Waals surface area contributed by atoms with E-state index in [1.807, 2.05) is 24.0 Å². The van der Waals surface area contributed by atoms with E-state index in [2.05, 4.69) is 15.3 Å². The number of ether oxygens (including phenoxy) is 3. The molecule has 2 aromatic heterocycles. The Morgan fingerprint density at radius 3 is 2.27 bits per heavy atom. The molecule has 0 bridgehead atoms. The number of aryl methyl sites for hydroxylation is 1. The zero-order chi connectivity index (χ0) is 32.0. The van der Waals surface area contributed by atoms with Crippen molar-refractivity contribution in [2.75, 3.05) is 63.9 Å². The Hall–Kier alpha value is -5.11. The number of nitrogens with two attached hydrogens (primary N) is 2. The summed E-state index contributed by atoms with van der Waals surface area (Å²) < 4.78 is 32.1. The van der Waals surface area contributed by atoms with Gasteiger partial charge in [0.25, 0.3) is 0 Å². The third-order valence-corrected chi connectivity index (χ3v) is 7.21. The minimum Gasteiger partial charge on any atom is -0.493 e. The largest absolute Gasteiger partial charge is 0.493 e. The minimum absolute atomic E-state index is 0.100. The molecule has 4 aromatic rings. The number of fused-ring (bicyclic) bond motifs is 1. The maximum absolute atomic E-state index is 14.5. The van der Waals surface area contributed by atoms with Gasteiger partial charge in [0.15, 0.2) is 11.5 Å². The number of hydrogen-bond acceptors (Lipinski definition) is 11. The van der Waals surface area contributed by atoms with Gasteiger partial charge >= 0.3 is 5.97 Å². The number of piperazine rings is 1. The van der Waals surface area contributed by atoms with E-state index >= 15 is 0 Å². The van der Waals surface area contributed by atoms with Crippen molar-refractivity contribution in [1.29, 1.82) is 0 Å². The van der Waals surface area contributed by atoms with Gasteiger partial charge in [-0.3, -0.25) is 4.79 Å². The molecule has 0 aliphatic carbocycles. The van der Waals surface area contributed by atoms with Crippen molar-refractivity contribution >= 4 is 34.3 Å². The Kier molecular flexibility index (Phi) is 10.1. The molecule has 0 saturated carbocycles. The fourth-order valence-electron chi connectivity index (χ4n) is 4.99. The maximum atomic E-state index is 14.5. The number of aromatic nitrogens is 3. The Morgan fingerprint density at radius 2 is 1.73 bits per heavy atom. The number of halogens is 1. The number of methoxy groups -OCH3 is 3. The van der Waals surface area contributed by atoms with Crippen molar-refractivity contribution in [3.8, 4) is 17.2 Å². The van der Waals surface area contributed by atoms with Crippen LogP contribution in [0.25, 0.3) is 10.9 Å². The molecular formula is C30H36FN7O6. The van der Waals surface area contributed by atoms with E-state index in [1.54, 1.807) is 38.2 Å². The van der Waals surface area contributed by atoms with Gasteiger partial charge in [-0.05, 0) is 36.8 Å². The second-order valence-electron chi connectivity index (χ2n) is 9.87. The molecule has 0 amide bonds. The SMILES string of the molecule is CCn1cc(C(=O)O)c(=O)c2cc(F)c(N3CCNCC3)cc21.COc1cc(Cc2cnc(N)nc2N)cc(OC)c1OC. The zero-order valence-electron chi connectivity index (χ0n) is 25.0. The van der Waals surface area contributed by atoms with Crippen molar-refractivity contribution < 1.29 is 28.5 Å². The number of nitrogens with zero attached hydrogens (tertiary/aromatic N) is 4. The molecule has 0 unspecified atom stereocenters. The highest BCUT2D eigenvalue weighted by Gasteiger charge is 2.20. The standard InChI is InChI=1S/C16H18FN3O3.C14H18N4O3/c1-2-19-9-11(16(22)23)15(21)10-7-12(17)14(8-13(10)19)20-5-3-18-4-6-20;1-19-10-5-8(6-11(20-2)12(10)21-3)4-9-7-17-14(16)18-13(9)15/h7-9,18H,2-6H2,1H3,(H,22,23);5-7H,4H2,1-3H3,(H4,15,16,17,18). The van der Waals surface area contributed by atoms with Crippen molar-refractivity contribution in [2.45, 2.75) is 19.9 Å². The Balaban J connectivity index is 0.000000202. The molecule has 0 atom stereocenters. The lowest BCUT2D eigenvalue weighted by Crippen LogP contribution is -2.43. The summed E-state index contributed by atoms with van der Waals surface area (Å²) in [5, 5.41) is 12.5. The van der Waals surface area contributed by atoms with Gasteiger partial charge in [-0.1, -0.05) is 0 Å². The number of nitrogen functional groups attached to an aromatic ring is 2.